The van der Waals surface area contributed by atoms with Crippen molar-refractivity contribution < 1.29 is 23.9 Å². The zero-order valence-electron chi connectivity index (χ0n) is 15.9. The molecule has 0 bridgehead atoms. The van der Waals surface area contributed by atoms with Gasteiger partial charge in [-0.2, -0.15) is 0 Å². The Morgan fingerprint density at radius 2 is 2.10 bits per heavy atom. The molecule has 0 saturated heterocycles. The van der Waals surface area contributed by atoms with Crippen molar-refractivity contribution in [2.24, 2.45) is 5.73 Å². The number of nitrogens with two attached hydrogens (primary N) is 1. The molecule has 3 rings (SSSR count). The monoisotopic (exact) mass is 437 g/mol. The van der Waals surface area contributed by atoms with Crippen LogP contribution in [0.2, 0.25) is 5.02 Å². The number of benzene rings is 1. The van der Waals surface area contributed by atoms with Gasteiger partial charge in [0.05, 0.1) is 31.4 Å². The largest absolute Gasteiger partial charge is 0.496 e. The molecule has 1 aliphatic rings. The third-order valence-electron chi connectivity index (χ3n) is 4.46. The van der Waals surface area contributed by atoms with Crippen LogP contribution in [0.1, 0.15) is 38.1 Å². The van der Waals surface area contributed by atoms with Crippen molar-refractivity contribution in [3.8, 4) is 5.75 Å². The summed E-state index contributed by atoms with van der Waals surface area (Å²) in [7, 11) is 1.45. The van der Waals surface area contributed by atoms with Crippen LogP contribution in [-0.4, -0.2) is 43.1 Å². The Bertz CT molecular complexity index is 975. The van der Waals surface area contributed by atoms with Gasteiger partial charge in [0.25, 0.3) is 11.8 Å². The number of thiophene rings is 1. The highest BCUT2D eigenvalue weighted by Gasteiger charge is 2.30. The van der Waals surface area contributed by atoms with Gasteiger partial charge in [0.2, 0.25) is 0 Å². The highest BCUT2D eigenvalue weighted by atomic mass is 35.5. The number of anilines is 1. The minimum absolute atomic E-state index is 0.231. The highest BCUT2D eigenvalue weighted by Crippen LogP contribution is 2.37. The molecule has 3 amide bonds. The minimum Gasteiger partial charge on any atom is -0.496 e. The van der Waals surface area contributed by atoms with Crippen LogP contribution in [0, 0.1) is 0 Å². The van der Waals surface area contributed by atoms with Gasteiger partial charge < -0.3 is 25.4 Å². The number of methoxy groups -OCH3 is 1. The average Bonchev–Trinajstić information content (AvgIpc) is 3.05. The van der Waals surface area contributed by atoms with Crippen molar-refractivity contribution in [1.29, 1.82) is 0 Å². The predicted molar refractivity (Wildman–Crippen MR) is 110 cm³/mol. The van der Waals surface area contributed by atoms with E-state index < -0.39 is 17.9 Å². The third kappa shape index (κ3) is 4.30. The quantitative estimate of drug-likeness (QED) is 0.745. The number of hydrogen-bond donors (Lipinski definition) is 2. The number of rotatable bonds is 5. The molecule has 1 aromatic heterocycles. The Kier molecular flexibility index (Phi) is 6.29. The van der Waals surface area contributed by atoms with Crippen LogP contribution in [0.25, 0.3) is 0 Å². The van der Waals surface area contributed by atoms with E-state index in [0.29, 0.717) is 28.7 Å². The van der Waals surface area contributed by atoms with Gasteiger partial charge in [-0.05, 0) is 37.1 Å². The molecular formula is C19H20ClN3O5S. The number of carbonyl (C=O) groups is 3. The first-order valence-corrected chi connectivity index (χ1v) is 10.1. The number of nitrogens with zero attached hydrogens (tertiary/aromatic N) is 1. The summed E-state index contributed by atoms with van der Waals surface area (Å²) in [4.78, 5) is 39.3. The number of fused-ring (bicyclic) bond motifs is 1. The Hall–Kier alpha value is -2.78. The van der Waals surface area contributed by atoms with Crippen LogP contribution < -0.4 is 15.8 Å². The van der Waals surface area contributed by atoms with E-state index in [-0.39, 0.29) is 24.3 Å². The van der Waals surface area contributed by atoms with Crippen LogP contribution in [-0.2, 0) is 17.7 Å². The van der Waals surface area contributed by atoms with Gasteiger partial charge >= 0.3 is 6.09 Å². The van der Waals surface area contributed by atoms with Gasteiger partial charge in [-0.3, -0.25) is 9.59 Å². The van der Waals surface area contributed by atoms with Gasteiger partial charge in [0, 0.05) is 16.4 Å². The van der Waals surface area contributed by atoms with E-state index in [1.54, 1.807) is 24.0 Å². The fourth-order valence-corrected chi connectivity index (χ4v) is 4.59. The number of ether oxygens (including phenoxy) is 2. The predicted octanol–water partition coefficient (Wildman–Crippen LogP) is 3.28. The lowest BCUT2D eigenvalue weighted by atomic mass is 10.0. The summed E-state index contributed by atoms with van der Waals surface area (Å²) < 4.78 is 10.3. The Morgan fingerprint density at radius 3 is 2.76 bits per heavy atom. The zero-order chi connectivity index (χ0) is 21.1. The molecule has 154 valence electrons. The van der Waals surface area contributed by atoms with Gasteiger partial charge in [0.1, 0.15) is 10.8 Å². The van der Waals surface area contributed by atoms with Gasteiger partial charge in [-0.25, -0.2) is 4.79 Å². The lowest BCUT2D eigenvalue weighted by Crippen LogP contribution is -2.36. The molecule has 0 atom stereocenters. The number of hydrogen-bond acceptors (Lipinski definition) is 6. The first-order valence-electron chi connectivity index (χ1n) is 8.86. The standard InChI is InChI=1S/C19H20ClN3O5S/c1-3-28-19(26)23-7-6-11-14(9-23)29-18(15(11)16(21)24)22-17(25)12-8-10(20)4-5-13(12)27-2/h4-5,8H,3,6-7,9H2,1-2H3,(H2,21,24)(H,22,25). The first-order chi connectivity index (χ1) is 13.8. The fourth-order valence-electron chi connectivity index (χ4n) is 3.15. The van der Waals surface area contributed by atoms with Crippen molar-refractivity contribution in [2.45, 2.75) is 19.9 Å². The van der Waals surface area contributed by atoms with E-state index in [4.69, 9.17) is 26.8 Å². The van der Waals surface area contributed by atoms with E-state index in [1.807, 2.05) is 0 Å². The third-order valence-corrected chi connectivity index (χ3v) is 5.83. The van der Waals surface area contributed by atoms with Gasteiger partial charge in [-0.15, -0.1) is 11.3 Å². The molecule has 0 fully saturated rings. The lowest BCUT2D eigenvalue weighted by molar-refractivity contribution is 0.0997. The van der Waals surface area contributed by atoms with E-state index in [2.05, 4.69) is 5.32 Å². The molecule has 0 unspecified atom stereocenters. The van der Waals surface area contributed by atoms with Crippen molar-refractivity contribution in [1.82, 2.24) is 4.90 Å². The van der Waals surface area contributed by atoms with Crippen molar-refractivity contribution in [3.63, 3.8) is 0 Å². The summed E-state index contributed by atoms with van der Waals surface area (Å²) in [5.41, 5.74) is 6.83. The maximum absolute atomic E-state index is 12.8. The van der Waals surface area contributed by atoms with E-state index >= 15 is 0 Å². The molecule has 0 saturated carbocycles. The van der Waals surface area contributed by atoms with Gasteiger partial charge in [0.15, 0.2) is 0 Å². The molecule has 1 aromatic carbocycles. The second-order valence-corrected chi connectivity index (χ2v) is 7.78. The van der Waals surface area contributed by atoms with E-state index in [0.717, 1.165) is 10.4 Å². The van der Waals surface area contributed by atoms with Crippen molar-refractivity contribution in [3.05, 3.63) is 44.8 Å². The summed E-state index contributed by atoms with van der Waals surface area (Å²) in [6, 6.07) is 4.68. The molecule has 0 spiro atoms. The van der Waals surface area contributed by atoms with Gasteiger partial charge in [-0.1, -0.05) is 11.6 Å². The second kappa shape index (κ2) is 8.71. The number of primary amides is 1. The summed E-state index contributed by atoms with van der Waals surface area (Å²) in [6.07, 6.45) is 0.0284. The molecule has 0 radical (unpaired) electrons. The number of halogens is 1. The molecule has 8 nitrogen and oxygen atoms in total. The zero-order valence-corrected chi connectivity index (χ0v) is 17.5. The van der Waals surface area contributed by atoms with Crippen LogP contribution >= 0.6 is 22.9 Å². The Balaban J connectivity index is 1.91. The van der Waals surface area contributed by atoms with Crippen molar-refractivity contribution >= 4 is 45.8 Å². The summed E-state index contributed by atoms with van der Waals surface area (Å²) in [6.45, 7) is 2.71. The molecule has 2 heterocycles. The molecule has 3 N–H and O–H groups in total. The Morgan fingerprint density at radius 1 is 1.34 bits per heavy atom. The summed E-state index contributed by atoms with van der Waals surface area (Å²) >= 11 is 7.21. The molecule has 1 aliphatic heterocycles. The van der Waals surface area contributed by atoms with Crippen LogP contribution in [0.4, 0.5) is 9.80 Å². The maximum Gasteiger partial charge on any atom is 0.410 e. The molecule has 29 heavy (non-hydrogen) atoms. The summed E-state index contributed by atoms with van der Waals surface area (Å²) in [5, 5.41) is 3.45. The normalized spacial score (nSPS) is 12.9. The number of nitrogens with one attached hydrogen (secondary N) is 1. The molecular weight excluding hydrogens is 418 g/mol. The average molecular weight is 438 g/mol. The lowest BCUT2D eigenvalue weighted by Gasteiger charge is -2.26. The maximum atomic E-state index is 12.8. The molecule has 10 heteroatoms. The summed E-state index contributed by atoms with van der Waals surface area (Å²) in [5.74, 6) is -0.768. The first kappa shape index (κ1) is 20.9. The van der Waals surface area contributed by atoms with Crippen LogP contribution in [0.15, 0.2) is 18.2 Å². The molecule has 0 aliphatic carbocycles. The molecule has 2 aromatic rings. The topological polar surface area (TPSA) is 111 Å². The van der Waals surface area contributed by atoms with Crippen LogP contribution in [0.3, 0.4) is 0 Å². The van der Waals surface area contributed by atoms with E-state index in [1.165, 1.54) is 24.5 Å². The fraction of sp³-hybridized carbons (Fsp3) is 0.316. The second-order valence-electron chi connectivity index (χ2n) is 6.24. The number of amides is 3. The Labute approximate surface area is 176 Å². The number of carbonyl (C=O) groups excluding carboxylic acids is 3. The van der Waals surface area contributed by atoms with Crippen molar-refractivity contribution in [2.75, 3.05) is 25.6 Å². The highest BCUT2D eigenvalue weighted by molar-refractivity contribution is 7.17. The van der Waals surface area contributed by atoms with Crippen LogP contribution in [0.5, 0.6) is 5.75 Å². The van der Waals surface area contributed by atoms with E-state index in [9.17, 15) is 14.4 Å². The SMILES string of the molecule is CCOC(=O)N1CCc2c(sc(NC(=O)c3cc(Cl)ccc3OC)c2C(N)=O)C1. The smallest absolute Gasteiger partial charge is 0.410 e. The minimum atomic E-state index is -0.638.